The van der Waals surface area contributed by atoms with Gasteiger partial charge in [-0.15, -0.1) is 0 Å². The van der Waals surface area contributed by atoms with Crippen molar-refractivity contribution in [1.82, 2.24) is 10.6 Å². The van der Waals surface area contributed by atoms with Crippen LogP contribution in [-0.2, 0) is 32.1 Å². The van der Waals surface area contributed by atoms with Crippen LogP contribution < -0.4 is 10.6 Å². The van der Waals surface area contributed by atoms with Crippen LogP contribution in [0.5, 0.6) is 0 Å². The Morgan fingerprint density at radius 1 is 0.967 bits per heavy atom. The van der Waals surface area contributed by atoms with E-state index in [0.29, 0.717) is 6.42 Å². The largest absolute Gasteiger partial charge is 0.467 e. The van der Waals surface area contributed by atoms with Crippen LogP contribution in [0, 0.1) is 0 Å². The van der Waals surface area contributed by atoms with Crippen molar-refractivity contribution in [2.24, 2.45) is 0 Å². The number of ether oxygens (including phenoxy) is 2. The summed E-state index contributed by atoms with van der Waals surface area (Å²) in [6.07, 6.45) is 0.00891. The Hall–Kier alpha value is -3.00. The second-order valence-corrected chi connectivity index (χ2v) is 7.19. The topological polar surface area (TPSA) is 93.7 Å². The van der Waals surface area contributed by atoms with Crippen molar-refractivity contribution >= 4 is 30.6 Å². The number of nitrogens with one attached hydrogen (secondary N) is 2. The number of carbonyl (C=O) groups excluding carboxylic acids is 3. The zero-order valence-corrected chi connectivity index (χ0v) is 17.6. The third-order valence-electron chi connectivity index (χ3n) is 4.29. The summed E-state index contributed by atoms with van der Waals surface area (Å²) in [5, 5.41) is 4.54. The molecule has 0 saturated heterocycles. The zero-order valence-electron chi connectivity index (χ0n) is 16.7. The second kappa shape index (κ2) is 12.5. The second-order valence-electron chi connectivity index (χ2n) is 6.57. The zero-order chi connectivity index (χ0) is 21.8. The molecule has 0 spiro atoms. The van der Waals surface area contributed by atoms with E-state index in [-0.39, 0.29) is 19.6 Å². The molecule has 2 N–H and O–H groups in total. The van der Waals surface area contributed by atoms with Crippen LogP contribution >= 0.6 is 12.6 Å². The van der Waals surface area contributed by atoms with Crippen molar-refractivity contribution in [3.05, 3.63) is 71.8 Å². The molecule has 2 aromatic carbocycles. The SMILES string of the molecule is COC(=O)[C@H](Cc1ccccc1)NC(=O)C(S)CCNC(=O)OCc1ccccc1. The van der Waals surface area contributed by atoms with Gasteiger partial charge in [-0.05, 0) is 17.5 Å². The van der Waals surface area contributed by atoms with Crippen molar-refractivity contribution in [1.29, 1.82) is 0 Å². The van der Waals surface area contributed by atoms with E-state index in [4.69, 9.17) is 9.47 Å². The number of methoxy groups -OCH3 is 1. The third-order valence-corrected chi connectivity index (χ3v) is 4.78. The molecular formula is C22H26N2O5S. The van der Waals surface area contributed by atoms with Gasteiger partial charge in [0.2, 0.25) is 5.91 Å². The number of amides is 2. The van der Waals surface area contributed by atoms with Crippen molar-refractivity contribution in [3.8, 4) is 0 Å². The van der Waals surface area contributed by atoms with Gasteiger partial charge in [0.25, 0.3) is 0 Å². The predicted octanol–water partition coefficient (Wildman–Crippen LogP) is 2.50. The molecule has 2 atom stereocenters. The minimum atomic E-state index is -0.816. The minimum absolute atomic E-state index is 0.164. The van der Waals surface area contributed by atoms with Gasteiger partial charge in [0.05, 0.1) is 12.4 Å². The van der Waals surface area contributed by atoms with Crippen molar-refractivity contribution < 1.29 is 23.9 Å². The van der Waals surface area contributed by atoms with Crippen LogP contribution in [0.2, 0.25) is 0 Å². The fraction of sp³-hybridized carbons (Fsp3) is 0.318. The van der Waals surface area contributed by atoms with Gasteiger partial charge >= 0.3 is 12.1 Å². The van der Waals surface area contributed by atoms with E-state index in [1.165, 1.54) is 7.11 Å². The highest BCUT2D eigenvalue weighted by Gasteiger charge is 2.24. The number of rotatable bonds is 10. The van der Waals surface area contributed by atoms with Crippen LogP contribution in [0.25, 0.3) is 0 Å². The highest BCUT2D eigenvalue weighted by atomic mass is 32.1. The van der Waals surface area contributed by atoms with Gasteiger partial charge in [-0.2, -0.15) is 12.6 Å². The third kappa shape index (κ3) is 8.16. The van der Waals surface area contributed by atoms with Crippen molar-refractivity contribution in [3.63, 3.8) is 0 Å². The Morgan fingerprint density at radius 2 is 1.57 bits per heavy atom. The summed E-state index contributed by atoms with van der Waals surface area (Å²) in [6, 6.07) is 17.8. The summed E-state index contributed by atoms with van der Waals surface area (Å²) >= 11 is 4.28. The molecule has 2 aromatic rings. The average molecular weight is 431 g/mol. The lowest BCUT2D eigenvalue weighted by atomic mass is 10.1. The Labute approximate surface area is 181 Å². The van der Waals surface area contributed by atoms with Crippen LogP contribution in [0.3, 0.4) is 0 Å². The first kappa shape index (κ1) is 23.3. The molecule has 0 aliphatic carbocycles. The first-order valence-electron chi connectivity index (χ1n) is 9.54. The Balaban J connectivity index is 1.75. The summed E-state index contributed by atoms with van der Waals surface area (Å²) in [4.78, 5) is 36.2. The van der Waals surface area contributed by atoms with Gasteiger partial charge in [0.15, 0.2) is 0 Å². The monoisotopic (exact) mass is 430 g/mol. The van der Waals surface area contributed by atoms with Crippen molar-refractivity contribution in [2.75, 3.05) is 13.7 Å². The summed E-state index contributed by atoms with van der Waals surface area (Å²) < 4.78 is 9.90. The number of thiol groups is 1. The lowest BCUT2D eigenvalue weighted by Crippen LogP contribution is -2.46. The van der Waals surface area contributed by atoms with E-state index in [9.17, 15) is 14.4 Å². The number of hydrogen-bond donors (Lipinski definition) is 3. The Kier molecular flexibility index (Phi) is 9.73. The molecule has 1 unspecified atom stereocenters. The number of hydrogen-bond acceptors (Lipinski definition) is 6. The lowest BCUT2D eigenvalue weighted by Gasteiger charge is -2.19. The highest BCUT2D eigenvalue weighted by Crippen LogP contribution is 2.07. The van der Waals surface area contributed by atoms with E-state index < -0.39 is 29.3 Å². The minimum Gasteiger partial charge on any atom is -0.467 e. The molecule has 0 fully saturated rings. The van der Waals surface area contributed by atoms with Gasteiger partial charge < -0.3 is 20.1 Å². The standard InChI is InChI=1S/C22H26N2O5S/c1-28-21(26)18(14-16-8-4-2-5-9-16)24-20(25)19(30)12-13-23-22(27)29-15-17-10-6-3-7-11-17/h2-11,18-19,30H,12-15H2,1H3,(H,23,27)(H,24,25)/t18-,19?/m0/s1. The smallest absolute Gasteiger partial charge is 0.407 e. The molecule has 0 saturated carbocycles. The number of alkyl carbamates (subject to hydrolysis) is 1. The molecule has 0 heterocycles. The van der Waals surface area contributed by atoms with Crippen LogP contribution in [-0.4, -0.2) is 42.9 Å². The fourth-order valence-electron chi connectivity index (χ4n) is 2.67. The molecule has 0 radical (unpaired) electrons. The average Bonchev–Trinajstić information content (AvgIpc) is 2.78. The maximum Gasteiger partial charge on any atom is 0.407 e. The summed E-state index contributed by atoms with van der Waals surface area (Å²) in [5.41, 5.74) is 1.78. The number of carbonyl (C=O) groups is 3. The van der Waals surface area contributed by atoms with Crippen LogP contribution in [0.15, 0.2) is 60.7 Å². The predicted molar refractivity (Wildman–Crippen MR) is 116 cm³/mol. The number of esters is 1. The quantitative estimate of drug-likeness (QED) is 0.398. The van der Waals surface area contributed by atoms with Gasteiger partial charge in [-0.3, -0.25) is 4.79 Å². The van der Waals surface area contributed by atoms with Gasteiger partial charge in [0, 0.05) is 13.0 Å². The fourth-order valence-corrected chi connectivity index (χ4v) is 2.87. The molecule has 2 amide bonds. The summed E-state index contributed by atoms with van der Waals surface area (Å²) in [5.74, 6) is -0.945. The first-order chi connectivity index (χ1) is 14.5. The Bertz CT molecular complexity index is 817. The first-order valence-corrected chi connectivity index (χ1v) is 10.1. The van der Waals surface area contributed by atoms with E-state index in [1.54, 1.807) is 0 Å². The molecule has 2 rings (SSSR count). The Morgan fingerprint density at radius 3 is 2.17 bits per heavy atom. The molecule has 0 aliphatic heterocycles. The van der Waals surface area contributed by atoms with Gasteiger partial charge in [0.1, 0.15) is 12.6 Å². The van der Waals surface area contributed by atoms with Gasteiger partial charge in [-0.25, -0.2) is 9.59 Å². The molecule has 0 aromatic heterocycles. The molecule has 0 bridgehead atoms. The molecule has 8 heteroatoms. The molecule has 30 heavy (non-hydrogen) atoms. The maximum atomic E-state index is 12.4. The number of benzene rings is 2. The molecule has 160 valence electrons. The lowest BCUT2D eigenvalue weighted by molar-refractivity contribution is -0.145. The van der Waals surface area contributed by atoms with E-state index in [1.807, 2.05) is 60.7 Å². The normalized spacial score (nSPS) is 12.3. The van der Waals surface area contributed by atoms with E-state index >= 15 is 0 Å². The van der Waals surface area contributed by atoms with E-state index in [2.05, 4.69) is 23.3 Å². The highest BCUT2D eigenvalue weighted by molar-refractivity contribution is 7.81. The molecular weight excluding hydrogens is 404 g/mol. The summed E-state index contributed by atoms with van der Waals surface area (Å²) in [6.45, 7) is 0.370. The van der Waals surface area contributed by atoms with Crippen molar-refractivity contribution in [2.45, 2.75) is 30.7 Å². The molecule has 0 aliphatic rings. The van der Waals surface area contributed by atoms with Gasteiger partial charge in [-0.1, -0.05) is 60.7 Å². The molecule has 7 nitrogen and oxygen atoms in total. The van der Waals surface area contributed by atoms with Crippen LogP contribution in [0.1, 0.15) is 17.5 Å². The van der Waals surface area contributed by atoms with E-state index in [0.717, 1.165) is 11.1 Å². The maximum absolute atomic E-state index is 12.4. The summed E-state index contributed by atoms with van der Waals surface area (Å²) in [7, 11) is 1.27. The van der Waals surface area contributed by atoms with Crippen LogP contribution in [0.4, 0.5) is 4.79 Å².